The summed E-state index contributed by atoms with van der Waals surface area (Å²) in [5.74, 6) is -0.931. The van der Waals surface area contributed by atoms with Crippen LogP contribution in [0.1, 0.15) is 29.8 Å². The van der Waals surface area contributed by atoms with E-state index in [0.29, 0.717) is 28.9 Å². The number of hydrogen-bond acceptors (Lipinski definition) is 3. The molecule has 0 aliphatic heterocycles. The van der Waals surface area contributed by atoms with Crippen molar-refractivity contribution in [2.45, 2.75) is 20.3 Å². The average molecular weight is 312 g/mol. The van der Waals surface area contributed by atoms with Crippen molar-refractivity contribution in [3.05, 3.63) is 59.2 Å². The maximum absolute atomic E-state index is 11.7. The van der Waals surface area contributed by atoms with Crippen LogP contribution in [-0.4, -0.2) is 23.3 Å². The number of carbonyl (C=O) groups is 1. The zero-order valence-corrected chi connectivity index (χ0v) is 13.5. The maximum Gasteiger partial charge on any atom is 0.340 e. The smallest absolute Gasteiger partial charge is 0.340 e. The predicted molar refractivity (Wildman–Crippen MR) is 90.2 cm³/mol. The van der Waals surface area contributed by atoms with Crippen LogP contribution in [0.2, 0.25) is 0 Å². The first-order chi connectivity index (χ1) is 11.0. The molecule has 0 aromatic heterocycles. The van der Waals surface area contributed by atoms with Gasteiger partial charge in [0.15, 0.2) is 0 Å². The summed E-state index contributed by atoms with van der Waals surface area (Å²) in [4.78, 5) is 11.7. The number of hydrogen-bond donors (Lipinski definition) is 2. The molecule has 0 atom stereocenters. The fourth-order valence-corrected chi connectivity index (χ4v) is 2.43. The van der Waals surface area contributed by atoms with Gasteiger partial charge in [-0.2, -0.15) is 0 Å². The highest BCUT2D eigenvalue weighted by Crippen LogP contribution is 2.39. The van der Waals surface area contributed by atoms with E-state index in [-0.39, 0.29) is 11.3 Å². The van der Waals surface area contributed by atoms with Gasteiger partial charge in [-0.05, 0) is 31.9 Å². The van der Waals surface area contributed by atoms with Gasteiger partial charge in [-0.25, -0.2) is 4.79 Å². The number of carboxylic acids is 1. The molecule has 0 unspecified atom stereocenters. The van der Waals surface area contributed by atoms with E-state index in [9.17, 15) is 15.0 Å². The molecule has 0 spiro atoms. The molecular formula is C19H20O4. The molecule has 0 amide bonds. The topological polar surface area (TPSA) is 66.8 Å². The lowest BCUT2D eigenvalue weighted by Gasteiger charge is -2.16. The number of ether oxygens (including phenoxy) is 1. The van der Waals surface area contributed by atoms with Crippen LogP contribution in [-0.2, 0) is 6.42 Å². The fourth-order valence-electron chi connectivity index (χ4n) is 2.43. The zero-order valence-electron chi connectivity index (χ0n) is 13.5. The van der Waals surface area contributed by atoms with Gasteiger partial charge >= 0.3 is 5.97 Å². The van der Waals surface area contributed by atoms with Crippen molar-refractivity contribution in [3.8, 4) is 22.6 Å². The molecule has 23 heavy (non-hydrogen) atoms. The first-order valence-corrected chi connectivity index (χ1v) is 7.30. The van der Waals surface area contributed by atoms with Crippen molar-refractivity contribution in [1.29, 1.82) is 0 Å². The molecule has 0 aliphatic carbocycles. The Morgan fingerprint density at radius 2 is 1.87 bits per heavy atom. The number of carboxylic acid groups (broad SMARTS) is 1. The van der Waals surface area contributed by atoms with E-state index in [2.05, 4.69) is 0 Å². The van der Waals surface area contributed by atoms with E-state index >= 15 is 0 Å². The van der Waals surface area contributed by atoms with Crippen LogP contribution in [0.25, 0.3) is 11.1 Å². The summed E-state index contributed by atoms with van der Waals surface area (Å²) < 4.78 is 5.37. The quantitative estimate of drug-likeness (QED) is 0.809. The molecule has 120 valence electrons. The SMILES string of the molecule is COc1cc(-c2ccccc2)c(C(=O)O)c(O)c1CC=C(C)C. The lowest BCUT2D eigenvalue weighted by Crippen LogP contribution is -2.04. The van der Waals surface area contributed by atoms with Gasteiger partial charge in [0.25, 0.3) is 0 Å². The molecule has 0 heterocycles. The third-order valence-electron chi connectivity index (χ3n) is 3.60. The average Bonchev–Trinajstić information content (AvgIpc) is 2.53. The standard InChI is InChI=1S/C19H20O4/c1-12(2)9-10-14-16(23-3)11-15(13-7-5-4-6-8-13)17(18(14)20)19(21)22/h4-9,11,20H,10H2,1-3H3,(H,21,22). The van der Waals surface area contributed by atoms with Crippen molar-refractivity contribution in [2.24, 2.45) is 0 Å². The highest BCUT2D eigenvalue weighted by atomic mass is 16.5. The lowest BCUT2D eigenvalue weighted by atomic mass is 9.94. The number of aromatic hydroxyl groups is 1. The van der Waals surface area contributed by atoms with Gasteiger partial charge in [-0.3, -0.25) is 0 Å². The van der Waals surface area contributed by atoms with Crippen LogP contribution in [0.3, 0.4) is 0 Å². The first kappa shape index (κ1) is 16.6. The number of methoxy groups -OCH3 is 1. The van der Waals surface area contributed by atoms with Crippen molar-refractivity contribution >= 4 is 5.97 Å². The molecule has 4 nitrogen and oxygen atoms in total. The molecule has 0 saturated heterocycles. The minimum atomic E-state index is -1.16. The molecule has 2 N–H and O–H groups in total. The van der Waals surface area contributed by atoms with E-state index in [1.54, 1.807) is 18.2 Å². The van der Waals surface area contributed by atoms with E-state index in [4.69, 9.17) is 4.74 Å². The number of allylic oxidation sites excluding steroid dienone is 2. The van der Waals surface area contributed by atoms with E-state index in [1.165, 1.54) is 7.11 Å². The molecule has 0 saturated carbocycles. The van der Waals surface area contributed by atoms with Crippen LogP contribution in [0.5, 0.6) is 11.5 Å². The van der Waals surface area contributed by atoms with Crippen LogP contribution in [0.4, 0.5) is 0 Å². The summed E-state index contributed by atoms with van der Waals surface area (Å²) in [5, 5.41) is 20.1. The minimum absolute atomic E-state index is 0.103. The highest BCUT2D eigenvalue weighted by Gasteiger charge is 2.23. The Kier molecular flexibility index (Phi) is 5.06. The van der Waals surface area contributed by atoms with Crippen molar-refractivity contribution in [2.75, 3.05) is 7.11 Å². The second-order valence-corrected chi connectivity index (χ2v) is 5.49. The Hall–Kier alpha value is -2.75. The molecule has 0 bridgehead atoms. The Morgan fingerprint density at radius 1 is 1.22 bits per heavy atom. The van der Waals surface area contributed by atoms with Crippen molar-refractivity contribution in [1.82, 2.24) is 0 Å². The Morgan fingerprint density at radius 3 is 2.39 bits per heavy atom. The minimum Gasteiger partial charge on any atom is -0.507 e. The van der Waals surface area contributed by atoms with Gasteiger partial charge in [0.1, 0.15) is 17.1 Å². The lowest BCUT2D eigenvalue weighted by molar-refractivity contribution is 0.0694. The molecule has 2 rings (SSSR count). The Balaban J connectivity index is 2.72. The largest absolute Gasteiger partial charge is 0.507 e. The number of phenols is 1. The van der Waals surface area contributed by atoms with Crippen LogP contribution < -0.4 is 4.74 Å². The normalized spacial score (nSPS) is 10.2. The summed E-state index contributed by atoms with van der Waals surface area (Å²) >= 11 is 0. The molecule has 2 aromatic carbocycles. The van der Waals surface area contributed by atoms with Gasteiger partial charge < -0.3 is 14.9 Å². The summed E-state index contributed by atoms with van der Waals surface area (Å²) in [6.45, 7) is 3.89. The summed E-state index contributed by atoms with van der Waals surface area (Å²) in [7, 11) is 1.51. The van der Waals surface area contributed by atoms with Gasteiger partial charge in [0, 0.05) is 11.1 Å². The third kappa shape index (κ3) is 3.54. The van der Waals surface area contributed by atoms with Gasteiger partial charge in [0.2, 0.25) is 0 Å². The van der Waals surface area contributed by atoms with E-state index in [0.717, 1.165) is 5.57 Å². The third-order valence-corrected chi connectivity index (χ3v) is 3.60. The molecule has 0 fully saturated rings. The molecule has 2 aromatic rings. The summed E-state index contributed by atoms with van der Waals surface area (Å²) in [5.41, 5.74) is 2.61. The summed E-state index contributed by atoms with van der Waals surface area (Å²) in [6.07, 6.45) is 2.33. The molecule has 0 radical (unpaired) electrons. The molecule has 4 heteroatoms. The Bertz CT molecular complexity index is 742. The maximum atomic E-state index is 11.7. The van der Waals surface area contributed by atoms with Crippen molar-refractivity contribution in [3.63, 3.8) is 0 Å². The van der Waals surface area contributed by atoms with Gasteiger partial charge in [0.05, 0.1) is 7.11 Å². The monoisotopic (exact) mass is 312 g/mol. The first-order valence-electron chi connectivity index (χ1n) is 7.30. The molecule has 0 aliphatic rings. The Labute approximate surface area is 135 Å². The second-order valence-electron chi connectivity index (χ2n) is 5.49. The predicted octanol–water partition coefficient (Wildman–Crippen LogP) is 4.27. The zero-order chi connectivity index (χ0) is 17.0. The number of rotatable bonds is 5. The van der Waals surface area contributed by atoms with E-state index in [1.807, 2.05) is 38.1 Å². The van der Waals surface area contributed by atoms with Gasteiger partial charge in [-0.15, -0.1) is 0 Å². The van der Waals surface area contributed by atoms with Crippen LogP contribution in [0.15, 0.2) is 48.0 Å². The van der Waals surface area contributed by atoms with Crippen molar-refractivity contribution < 1.29 is 19.7 Å². The van der Waals surface area contributed by atoms with Gasteiger partial charge in [-0.1, -0.05) is 42.0 Å². The highest BCUT2D eigenvalue weighted by molar-refractivity contribution is 6.00. The van der Waals surface area contributed by atoms with Crippen LogP contribution in [0, 0.1) is 0 Å². The summed E-state index contributed by atoms with van der Waals surface area (Å²) in [6, 6.07) is 10.8. The second kappa shape index (κ2) is 7.01. The number of aromatic carboxylic acids is 1. The molecular weight excluding hydrogens is 292 g/mol. The number of benzene rings is 2. The van der Waals surface area contributed by atoms with E-state index < -0.39 is 5.97 Å². The van der Waals surface area contributed by atoms with Crippen LogP contribution >= 0.6 is 0 Å². The fraction of sp³-hybridized carbons (Fsp3) is 0.211.